The Labute approximate surface area is 99.5 Å². The van der Waals surface area contributed by atoms with Gasteiger partial charge in [-0.1, -0.05) is 0 Å². The molecule has 1 aromatic heterocycles. The third-order valence-electron chi connectivity index (χ3n) is 2.98. The Kier molecular flexibility index (Phi) is 3.56. The van der Waals surface area contributed by atoms with E-state index >= 15 is 0 Å². The van der Waals surface area contributed by atoms with Gasteiger partial charge in [0.25, 0.3) is 5.91 Å². The SMILES string of the molecule is Cc1nc(C(=O)N2CCCC(CN)C2)cs1. The summed E-state index contributed by atoms with van der Waals surface area (Å²) in [5.41, 5.74) is 6.24. The molecule has 0 bridgehead atoms. The summed E-state index contributed by atoms with van der Waals surface area (Å²) in [6.07, 6.45) is 2.19. The van der Waals surface area contributed by atoms with E-state index in [4.69, 9.17) is 5.73 Å². The molecular weight excluding hydrogens is 222 g/mol. The first-order valence-electron chi connectivity index (χ1n) is 5.62. The minimum atomic E-state index is 0.0579. The standard InChI is InChI=1S/C11H17N3OS/c1-8-13-10(7-16-8)11(15)14-4-2-3-9(5-12)6-14/h7,9H,2-6,12H2,1H3. The summed E-state index contributed by atoms with van der Waals surface area (Å²) in [6, 6.07) is 0. The maximum Gasteiger partial charge on any atom is 0.273 e. The van der Waals surface area contributed by atoms with Crippen molar-refractivity contribution in [1.29, 1.82) is 0 Å². The van der Waals surface area contributed by atoms with E-state index in [1.54, 1.807) is 0 Å². The molecule has 2 N–H and O–H groups in total. The number of hydrogen-bond acceptors (Lipinski definition) is 4. The molecule has 1 saturated heterocycles. The van der Waals surface area contributed by atoms with Gasteiger partial charge in [-0.2, -0.15) is 0 Å². The second kappa shape index (κ2) is 4.93. The summed E-state index contributed by atoms with van der Waals surface area (Å²) in [5.74, 6) is 0.514. The molecule has 0 saturated carbocycles. The van der Waals surface area contributed by atoms with E-state index in [1.165, 1.54) is 11.3 Å². The summed E-state index contributed by atoms with van der Waals surface area (Å²) in [5, 5.41) is 2.78. The van der Waals surface area contributed by atoms with Crippen molar-refractivity contribution in [1.82, 2.24) is 9.88 Å². The zero-order valence-electron chi connectivity index (χ0n) is 9.48. The predicted molar refractivity (Wildman–Crippen MR) is 64.5 cm³/mol. The molecule has 1 amide bonds. The van der Waals surface area contributed by atoms with Crippen molar-refractivity contribution in [3.05, 3.63) is 16.1 Å². The second-order valence-corrected chi connectivity index (χ2v) is 5.31. The van der Waals surface area contributed by atoms with E-state index < -0.39 is 0 Å². The highest BCUT2D eigenvalue weighted by Crippen LogP contribution is 2.18. The third kappa shape index (κ3) is 2.41. The van der Waals surface area contributed by atoms with Crippen molar-refractivity contribution in [2.45, 2.75) is 19.8 Å². The van der Waals surface area contributed by atoms with E-state index in [1.807, 2.05) is 17.2 Å². The molecule has 1 atom stereocenters. The van der Waals surface area contributed by atoms with Gasteiger partial charge in [-0.25, -0.2) is 4.98 Å². The van der Waals surface area contributed by atoms with Gasteiger partial charge in [0.1, 0.15) is 5.69 Å². The molecular formula is C11H17N3OS. The fraction of sp³-hybridized carbons (Fsp3) is 0.636. The predicted octanol–water partition coefficient (Wildman–Crippen LogP) is 1.26. The van der Waals surface area contributed by atoms with Crippen LogP contribution in [-0.4, -0.2) is 35.4 Å². The van der Waals surface area contributed by atoms with Crippen molar-refractivity contribution in [3.8, 4) is 0 Å². The Bertz CT molecular complexity index is 377. The van der Waals surface area contributed by atoms with Gasteiger partial charge < -0.3 is 10.6 Å². The smallest absolute Gasteiger partial charge is 0.273 e. The lowest BCUT2D eigenvalue weighted by atomic mass is 9.98. The van der Waals surface area contributed by atoms with Crippen LogP contribution >= 0.6 is 11.3 Å². The highest BCUT2D eigenvalue weighted by molar-refractivity contribution is 7.09. The van der Waals surface area contributed by atoms with Crippen LogP contribution in [0.15, 0.2) is 5.38 Å². The Morgan fingerprint density at radius 3 is 3.19 bits per heavy atom. The van der Waals surface area contributed by atoms with Crippen molar-refractivity contribution in [2.24, 2.45) is 11.7 Å². The van der Waals surface area contributed by atoms with E-state index in [9.17, 15) is 4.79 Å². The van der Waals surface area contributed by atoms with E-state index in [0.717, 1.165) is 30.9 Å². The molecule has 1 aliphatic rings. The minimum Gasteiger partial charge on any atom is -0.337 e. The zero-order valence-corrected chi connectivity index (χ0v) is 10.3. The van der Waals surface area contributed by atoms with Gasteiger partial charge in [0, 0.05) is 18.5 Å². The number of thiazole rings is 1. The van der Waals surface area contributed by atoms with Crippen LogP contribution in [0.1, 0.15) is 28.3 Å². The van der Waals surface area contributed by atoms with Crippen molar-refractivity contribution >= 4 is 17.2 Å². The van der Waals surface area contributed by atoms with Crippen LogP contribution in [0.3, 0.4) is 0 Å². The largest absolute Gasteiger partial charge is 0.337 e. The average Bonchev–Trinajstić information content (AvgIpc) is 2.75. The summed E-state index contributed by atoms with van der Waals surface area (Å²) in [6.45, 7) is 4.21. The topological polar surface area (TPSA) is 59.2 Å². The quantitative estimate of drug-likeness (QED) is 0.845. The Morgan fingerprint density at radius 1 is 1.75 bits per heavy atom. The Morgan fingerprint density at radius 2 is 2.56 bits per heavy atom. The van der Waals surface area contributed by atoms with Gasteiger partial charge in [-0.15, -0.1) is 11.3 Å². The third-order valence-corrected chi connectivity index (χ3v) is 3.75. The molecule has 2 heterocycles. The van der Waals surface area contributed by atoms with Crippen LogP contribution in [0.2, 0.25) is 0 Å². The monoisotopic (exact) mass is 239 g/mol. The number of nitrogens with zero attached hydrogens (tertiary/aromatic N) is 2. The summed E-state index contributed by atoms with van der Waals surface area (Å²) < 4.78 is 0. The number of hydrogen-bond donors (Lipinski definition) is 1. The zero-order chi connectivity index (χ0) is 11.5. The van der Waals surface area contributed by atoms with Crippen LogP contribution in [0.4, 0.5) is 0 Å². The first kappa shape index (κ1) is 11.5. The molecule has 16 heavy (non-hydrogen) atoms. The lowest BCUT2D eigenvalue weighted by molar-refractivity contribution is 0.0673. The fourth-order valence-electron chi connectivity index (χ4n) is 2.07. The van der Waals surface area contributed by atoms with Gasteiger partial charge >= 0.3 is 0 Å². The number of nitrogens with two attached hydrogens (primary N) is 1. The van der Waals surface area contributed by atoms with E-state index in [2.05, 4.69) is 4.98 Å². The summed E-state index contributed by atoms with van der Waals surface area (Å²) >= 11 is 1.52. The number of aromatic nitrogens is 1. The molecule has 0 spiro atoms. The fourth-order valence-corrected chi connectivity index (χ4v) is 2.65. The van der Waals surface area contributed by atoms with E-state index in [-0.39, 0.29) is 5.91 Å². The normalized spacial score (nSPS) is 21.1. The maximum absolute atomic E-state index is 12.1. The molecule has 1 aliphatic heterocycles. The van der Waals surface area contributed by atoms with Crippen LogP contribution < -0.4 is 5.73 Å². The summed E-state index contributed by atoms with van der Waals surface area (Å²) in [4.78, 5) is 18.2. The molecule has 5 heteroatoms. The highest BCUT2D eigenvalue weighted by Gasteiger charge is 2.24. The first-order chi connectivity index (χ1) is 7.70. The van der Waals surface area contributed by atoms with Gasteiger partial charge in [0.05, 0.1) is 5.01 Å². The number of amides is 1. The number of piperidine rings is 1. The summed E-state index contributed by atoms with van der Waals surface area (Å²) in [7, 11) is 0. The number of likely N-dealkylation sites (tertiary alicyclic amines) is 1. The first-order valence-corrected chi connectivity index (χ1v) is 6.50. The molecule has 1 aromatic rings. The van der Waals surface area contributed by atoms with E-state index in [0.29, 0.717) is 18.2 Å². The maximum atomic E-state index is 12.1. The molecule has 4 nitrogen and oxygen atoms in total. The van der Waals surface area contributed by atoms with Crippen molar-refractivity contribution in [3.63, 3.8) is 0 Å². The van der Waals surface area contributed by atoms with Gasteiger partial charge in [0.15, 0.2) is 0 Å². The number of carbonyl (C=O) groups is 1. The van der Waals surface area contributed by atoms with Crippen LogP contribution in [-0.2, 0) is 0 Å². The van der Waals surface area contributed by atoms with Gasteiger partial charge in [-0.05, 0) is 32.2 Å². The number of carbonyl (C=O) groups excluding carboxylic acids is 1. The molecule has 1 unspecified atom stereocenters. The second-order valence-electron chi connectivity index (χ2n) is 4.25. The average molecular weight is 239 g/mol. The van der Waals surface area contributed by atoms with Crippen molar-refractivity contribution < 1.29 is 4.79 Å². The van der Waals surface area contributed by atoms with Crippen LogP contribution in [0, 0.1) is 12.8 Å². The molecule has 88 valence electrons. The number of aryl methyl sites for hydroxylation is 1. The Hall–Kier alpha value is -0.940. The van der Waals surface area contributed by atoms with Crippen LogP contribution in [0.25, 0.3) is 0 Å². The minimum absolute atomic E-state index is 0.0579. The molecule has 1 fully saturated rings. The molecule has 0 aromatic carbocycles. The lowest BCUT2D eigenvalue weighted by Crippen LogP contribution is -2.42. The van der Waals surface area contributed by atoms with Gasteiger partial charge in [-0.3, -0.25) is 4.79 Å². The lowest BCUT2D eigenvalue weighted by Gasteiger charge is -2.31. The Balaban J connectivity index is 2.04. The number of rotatable bonds is 2. The van der Waals surface area contributed by atoms with Gasteiger partial charge in [0.2, 0.25) is 0 Å². The highest BCUT2D eigenvalue weighted by atomic mass is 32.1. The van der Waals surface area contributed by atoms with Crippen molar-refractivity contribution in [2.75, 3.05) is 19.6 Å². The molecule has 2 rings (SSSR count). The molecule has 0 radical (unpaired) electrons. The molecule has 0 aliphatic carbocycles. The van der Waals surface area contributed by atoms with Crippen LogP contribution in [0.5, 0.6) is 0 Å².